The van der Waals surface area contributed by atoms with Crippen molar-refractivity contribution in [3.8, 4) is 0 Å². The molecule has 1 fully saturated rings. The van der Waals surface area contributed by atoms with Crippen LogP contribution in [0.15, 0.2) is 54.1 Å². The quantitative estimate of drug-likeness (QED) is 0.662. The number of benzene rings is 2. The molecule has 140 valence electrons. The van der Waals surface area contributed by atoms with Gasteiger partial charge in [0, 0.05) is 19.8 Å². The van der Waals surface area contributed by atoms with E-state index in [0.29, 0.717) is 5.56 Å². The fraction of sp³-hybridized carbons (Fsp3) is 0.158. The van der Waals surface area contributed by atoms with E-state index in [9.17, 15) is 22.8 Å². The monoisotopic (exact) mass is 375 g/mol. The largest absolute Gasteiger partial charge is 0.416 e. The van der Waals surface area contributed by atoms with Gasteiger partial charge in [0.05, 0.1) is 11.3 Å². The molecular formula is C19H16F3N3O2. The van der Waals surface area contributed by atoms with Gasteiger partial charge < -0.3 is 4.90 Å². The molecule has 27 heavy (non-hydrogen) atoms. The maximum absolute atomic E-state index is 12.9. The van der Waals surface area contributed by atoms with E-state index in [0.717, 1.165) is 22.8 Å². The van der Waals surface area contributed by atoms with Crippen LogP contribution in [-0.2, 0) is 15.8 Å². The molecule has 1 N–H and O–H groups in total. The molecule has 0 aromatic heterocycles. The molecule has 1 saturated heterocycles. The number of amides is 2. The Balaban J connectivity index is 1.89. The van der Waals surface area contributed by atoms with Crippen molar-refractivity contribution in [2.75, 3.05) is 24.0 Å². The van der Waals surface area contributed by atoms with Gasteiger partial charge >= 0.3 is 6.18 Å². The maximum atomic E-state index is 12.9. The van der Waals surface area contributed by atoms with Gasteiger partial charge in [-0.3, -0.25) is 15.0 Å². The number of hydrazine groups is 1. The van der Waals surface area contributed by atoms with Crippen molar-refractivity contribution in [3.05, 3.63) is 65.2 Å². The number of anilines is 2. The number of nitrogens with one attached hydrogen (secondary N) is 1. The lowest BCUT2D eigenvalue weighted by Crippen LogP contribution is -2.35. The Bertz CT molecular complexity index is 919. The lowest BCUT2D eigenvalue weighted by Gasteiger charge is -2.16. The number of rotatable bonds is 3. The second-order valence-corrected chi connectivity index (χ2v) is 6.17. The lowest BCUT2D eigenvalue weighted by atomic mass is 10.1. The van der Waals surface area contributed by atoms with Gasteiger partial charge in [-0.2, -0.15) is 13.2 Å². The van der Waals surface area contributed by atoms with Crippen LogP contribution in [0.1, 0.15) is 11.1 Å². The summed E-state index contributed by atoms with van der Waals surface area (Å²) in [5, 5.41) is 0.817. The topological polar surface area (TPSA) is 52.7 Å². The van der Waals surface area contributed by atoms with Crippen molar-refractivity contribution in [3.63, 3.8) is 0 Å². The van der Waals surface area contributed by atoms with Crippen LogP contribution in [0.3, 0.4) is 0 Å². The molecule has 2 aromatic rings. The lowest BCUT2D eigenvalue weighted by molar-refractivity contribution is -0.137. The van der Waals surface area contributed by atoms with Crippen LogP contribution in [0.4, 0.5) is 24.5 Å². The van der Waals surface area contributed by atoms with Gasteiger partial charge in [-0.15, -0.1) is 0 Å². The Kier molecular flexibility index (Phi) is 4.65. The highest BCUT2D eigenvalue weighted by molar-refractivity contribution is 6.31. The second-order valence-electron chi connectivity index (χ2n) is 6.17. The van der Waals surface area contributed by atoms with Crippen LogP contribution >= 0.6 is 0 Å². The number of carbonyl (C=O) groups is 2. The van der Waals surface area contributed by atoms with Gasteiger partial charge in [-0.1, -0.05) is 18.2 Å². The number of hydrogen-bond donors (Lipinski definition) is 1. The molecule has 0 unspecified atom stereocenters. The number of hydrogen-bond acceptors (Lipinski definition) is 3. The van der Waals surface area contributed by atoms with E-state index in [1.165, 1.54) is 18.2 Å². The second kappa shape index (κ2) is 6.79. The molecule has 0 bridgehead atoms. The first kappa shape index (κ1) is 18.5. The van der Waals surface area contributed by atoms with E-state index in [2.05, 4.69) is 5.43 Å². The Labute approximate surface area is 153 Å². The smallest absolute Gasteiger partial charge is 0.378 e. The molecule has 0 spiro atoms. The Morgan fingerprint density at radius 1 is 1.04 bits per heavy atom. The minimum absolute atomic E-state index is 0.0606. The van der Waals surface area contributed by atoms with Gasteiger partial charge in [0.1, 0.15) is 5.57 Å². The highest BCUT2D eigenvalue weighted by Gasteiger charge is 2.36. The Morgan fingerprint density at radius 2 is 1.70 bits per heavy atom. The summed E-state index contributed by atoms with van der Waals surface area (Å²) in [6.07, 6.45) is -3.14. The number of halogens is 3. The first-order valence-corrected chi connectivity index (χ1v) is 7.98. The molecule has 5 nitrogen and oxygen atoms in total. The molecule has 0 saturated carbocycles. The molecule has 3 rings (SSSR count). The maximum Gasteiger partial charge on any atom is 0.416 e. The SMILES string of the molecule is CN(C)c1ccc(/C=C2/C(=O)NN(c3cccc(C(F)(F)F)c3)C2=O)cc1. The Hall–Kier alpha value is -3.29. The van der Waals surface area contributed by atoms with Crippen molar-refractivity contribution >= 4 is 29.3 Å². The van der Waals surface area contributed by atoms with E-state index < -0.39 is 23.6 Å². The minimum atomic E-state index is -4.55. The van der Waals surface area contributed by atoms with Crippen molar-refractivity contribution < 1.29 is 22.8 Å². The third-order valence-electron chi connectivity index (χ3n) is 4.04. The zero-order valence-electron chi connectivity index (χ0n) is 14.5. The normalized spacial score (nSPS) is 16.0. The van der Waals surface area contributed by atoms with Crippen molar-refractivity contribution in [2.45, 2.75) is 6.18 Å². The van der Waals surface area contributed by atoms with Gasteiger partial charge in [-0.25, -0.2) is 5.01 Å². The summed E-state index contributed by atoms with van der Waals surface area (Å²) < 4.78 is 38.6. The summed E-state index contributed by atoms with van der Waals surface area (Å²) in [6.45, 7) is 0. The molecule has 1 aliphatic heterocycles. The van der Waals surface area contributed by atoms with Crippen molar-refractivity contribution in [2.24, 2.45) is 0 Å². The third kappa shape index (κ3) is 3.79. The number of nitrogens with zero attached hydrogens (tertiary/aromatic N) is 2. The van der Waals surface area contributed by atoms with Gasteiger partial charge in [-0.05, 0) is 42.0 Å². The van der Waals surface area contributed by atoms with E-state index in [4.69, 9.17) is 0 Å². The van der Waals surface area contributed by atoms with Crippen molar-refractivity contribution in [1.82, 2.24) is 5.43 Å². The van der Waals surface area contributed by atoms with E-state index in [1.54, 1.807) is 12.1 Å². The molecule has 1 heterocycles. The third-order valence-corrected chi connectivity index (χ3v) is 4.04. The zero-order chi connectivity index (χ0) is 19.8. The van der Waals surface area contributed by atoms with Crippen LogP contribution < -0.4 is 15.3 Å². The van der Waals surface area contributed by atoms with Crippen LogP contribution in [0.2, 0.25) is 0 Å². The molecule has 2 amide bonds. The Morgan fingerprint density at radius 3 is 2.30 bits per heavy atom. The van der Waals surface area contributed by atoms with Crippen molar-refractivity contribution in [1.29, 1.82) is 0 Å². The molecule has 0 atom stereocenters. The van der Waals surface area contributed by atoms with Gasteiger partial charge in [0.15, 0.2) is 0 Å². The minimum Gasteiger partial charge on any atom is -0.378 e. The predicted molar refractivity (Wildman–Crippen MR) is 95.8 cm³/mol. The average Bonchev–Trinajstić information content (AvgIpc) is 2.90. The van der Waals surface area contributed by atoms with Gasteiger partial charge in [0.2, 0.25) is 0 Å². The van der Waals surface area contributed by atoms with Crippen LogP contribution in [0, 0.1) is 0 Å². The average molecular weight is 375 g/mol. The molecule has 0 aliphatic carbocycles. The summed E-state index contributed by atoms with van der Waals surface area (Å²) in [4.78, 5) is 26.6. The van der Waals surface area contributed by atoms with E-state index in [-0.39, 0.29) is 11.3 Å². The first-order chi connectivity index (χ1) is 12.7. The first-order valence-electron chi connectivity index (χ1n) is 7.98. The summed E-state index contributed by atoms with van der Waals surface area (Å²) in [7, 11) is 3.77. The molecule has 2 aromatic carbocycles. The highest BCUT2D eigenvalue weighted by Crippen LogP contribution is 2.32. The number of carbonyl (C=O) groups excluding carboxylic acids is 2. The van der Waals surface area contributed by atoms with Crippen LogP contribution in [-0.4, -0.2) is 25.9 Å². The number of alkyl halides is 3. The summed E-state index contributed by atoms with van der Waals surface area (Å²) in [5.41, 5.74) is 2.77. The van der Waals surface area contributed by atoms with Crippen LogP contribution in [0.5, 0.6) is 0 Å². The summed E-state index contributed by atoms with van der Waals surface area (Å²) >= 11 is 0. The molecule has 8 heteroatoms. The highest BCUT2D eigenvalue weighted by atomic mass is 19.4. The summed E-state index contributed by atoms with van der Waals surface area (Å²) in [5.74, 6) is -1.38. The molecular weight excluding hydrogens is 359 g/mol. The van der Waals surface area contributed by atoms with Crippen LogP contribution in [0.25, 0.3) is 6.08 Å². The fourth-order valence-corrected chi connectivity index (χ4v) is 2.60. The molecule has 0 radical (unpaired) electrons. The predicted octanol–water partition coefficient (Wildman–Crippen LogP) is 3.23. The fourth-order valence-electron chi connectivity index (χ4n) is 2.60. The van der Waals surface area contributed by atoms with E-state index in [1.807, 2.05) is 31.1 Å². The van der Waals surface area contributed by atoms with E-state index >= 15 is 0 Å². The zero-order valence-corrected chi connectivity index (χ0v) is 14.5. The summed E-state index contributed by atoms with van der Waals surface area (Å²) in [6, 6.07) is 11.4. The van der Waals surface area contributed by atoms with Gasteiger partial charge in [0.25, 0.3) is 11.8 Å². The molecule has 1 aliphatic rings. The standard InChI is InChI=1S/C19H16F3N3O2/c1-24(2)14-8-6-12(7-9-14)10-16-17(26)23-25(18(16)27)15-5-3-4-13(11-15)19(20,21)22/h3-11H,1-2H3,(H,23,26)/b16-10-.